The summed E-state index contributed by atoms with van der Waals surface area (Å²) in [5.41, 5.74) is 8.02. The molecule has 0 aliphatic carbocycles. The van der Waals surface area contributed by atoms with Crippen molar-refractivity contribution in [1.29, 1.82) is 5.26 Å². The van der Waals surface area contributed by atoms with Crippen molar-refractivity contribution in [2.24, 2.45) is 20.9 Å². The zero-order valence-corrected chi connectivity index (χ0v) is 48.0. The topological polar surface area (TPSA) is 226 Å². The van der Waals surface area contributed by atoms with E-state index in [1.165, 1.54) is 23.5 Å². The Balaban J connectivity index is 0.000000510. The second-order valence-electron chi connectivity index (χ2n) is 15.2. The molecule has 5 aliphatic heterocycles. The summed E-state index contributed by atoms with van der Waals surface area (Å²) in [6.45, 7) is 4.98. The largest absolute Gasteiger partial charge is 1.00 e. The van der Waals surface area contributed by atoms with Gasteiger partial charge in [-0.3, -0.25) is 14.6 Å². The fourth-order valence-corrected chi connectivity index (χ4v) is 12.5. The number of amidine groups is 2. The first-order valence-corrected chi connectivity index (χ1v) is 27.1. The molecule has 4 saturated heterocycles. The first-order chi connectivity index (χ1) is 29.7. The van der Waals surface area contributed by atoms with Crippen LogP contribution in [0, 0.1) is 11.5 Å². The average molecular weight is 1050 g/mol. The molecule has 7 rings (SSSR count). The fraction of sp³-hybridized carbons (Fsp3) is 0.575. The van der Waals surface area contributed by atoms with Crippen LogP contribution >= 0.6 is 46.7 Å². The van der Waals surface area contributed by atoms with Crippen LogP contribution in [0.3, 0.4) is 0 Å². The monoisotopic (exact) mass is 1050 g/mol. The standard InChI is InChI=1S/C19H26ClN5O2S.C16H23ClN2O2S.C4H6N2S2.CH2O3.2K.H/c20-15-3-1-14(2-4-15)11-17-13-28(26,27)10-9-25(17)16-5-7-24(8-6-16)19-12-18(21)22-23-19;17-14-3-1-13(2-4-14)11-16-12-22(20,21)10-9-19(16)15-5-7-18-8-6-15;1-7-4(8-2)6-3-5;2-1-4-3;;;/h1-4,16-17H,5-13H2,(H2,21,22);1-4,15-16,18H,5-12H2;1-2H3;1,3H;;;/q;;;;2*+1;-1/p-1. The van der Waals surface area contributed by atoms with Crippen molar-refractivity contribution in [1.82, 2.24) is 20.0 Å². The molecular formula is C40H57Cl2K2N9O7S4. The van der Waals surface area contributed by atoms with Crippen molar-refractivity contribution in [3.05, 3.63) is 69.7 Å². The number of thioether (sulfide) groups is 2. The number of nitrogens with one attached hydrogen (secondary N) is 1. The molecule has 2 atom stereocenters. The van der Waals surface area contributed by atoms with Gasteiger partial charge in [-0.25, -0.2) is 16.8 Å². The fourth-order valence-electron chi connectivity index (χ4n) is 8.24. The number of hydrogen-bond acceptors (Lipinski definition) is 18. The number of nitriles is 1. The molecule has 3 N–H and O–H groups in total. The molecule has 2 unspecified atom stereocenters. The van der Waals surface area contributed by atoms with Crippen LogP contribution in [-0.2, 0) is 42.2 Å². The second-order valence-corrected chi connectivity index (χ2v) is 22.4. The van der Waals surface area contributed by atoms with E-state index in [2.05, 4.69) is 40.1 Å². The Kier molecular flexibility index (Phi) is 29.8. The van der Waals surface area contributed by atoms with Crippen LogP contribution in [0.5, 0.6) is 0 Å². The number of carbonyl (C=O) groups is 1. The van der Waals surface area contributed by atoms with Gasteiger partial charge < -0.3 is 27.5 Å². The van der Waals surface area contributed by atoms with Gasteiger partial charge in [0, 0.05) is 60.4 Å². The molecule has 24 heteroatoms. The summed E-state index contributed by atoms with van der Waals surface area (Å²) < 4.78 is 49.5. The Morgan fingerprint density at radius 2 is 1.30 bits per heavy atom. The van der Waals surface area contributed by atoms with Gasteiger partial charge in [0.1, 0.15) is 16.0 Å². The van der Waals surface area contributed by atoms with Crippen LogP contribution in [0.25, 0.3) is 0 Å². The quantitative estimate of drug-likeness (QED) is 0.0550. The van der Waals surface area contributed by atoms with Gasteiger partial charge in [0.2, 0.25) is 6.19 Å². The average Bonchev–Trinajstić information content (AvgIpc) is 3.71. The summed E-state index contributed by atoms with van der Waals surface area (Å²) in [6, 6.07) is 16.5. The smallest absolute Gasteiger partial charge is 1.00 e. The zero-order valence-electron chi connectivity index (χ0n) is 38.0. The van der Waals surface area contributed by atoms with E-state index in [1.54, 1.807) is 6.19 Å². The number of nitrogens with two attached hydrogens (primary N) is 1. The van der Waals surface area contributed by atoms with Gasteiger partial charge in [0.05, 0.1) is 29.4 Å². The molecule has 2 aromatic rings. The molecule has 4 fully saturated rings. The maximum Gasteiger partial charge on any atom is 1.00 e. The van der Waals surface area contributed by atoms with Crippen molar-refractivity contribution in [2.45, 2.75) is 69.1 Å². The van der Waals surface area contributed by atoms with Crippen molar-refractivity contribution in [2.75, 3.05) is 74.8 Å². The Bertz CT molecular complexity index is 2090. The summed E-state index contributed by atoms with van der Waals surface area (Å²) in [5, 5.41) is 29.4. The molecule has 0 spiro atoms. The molecule has 344 valence electrons. The molecule has 64 heavy (non-hydrogen) atoms. The molecule has 5 aliphatic rings. The zero-order chi connectivity index (χ0) is 45.1. The number of halogens is 2. The minimum Gasteiger partial charge on any atom is -1.00 e. The summed E-state index contributed by atoms with van der Waals surface area (Å²) >= 11 is 14.9. The Hall–Kier alpha value is 0.303. The summed E-state index contributed by atoms with van der Waals surface area (Å²) in [6.07, 6.45) is 11.9. The molecule has 2 aromatic carbocycles. The molecule has 0 aromatic heterocycles. The van der Waals surface area contributed by atoms with E-state index in [-0.39, 0.29) is 140 Å². The third kappa shape index (κ3) is 21.1. The van der Waals surface area contributed by atoms with E-state index < -0.39 is 19.7 Å². The predicted molar refractivity (Wildman–Crippen MR) is 251 cm³/mol. The summed E-state index contributed by atoms with van der Waals surface area (Å²) in [7, 11) is -5.90. The molecule has 0 amide bonds. The van der Waals surface area contributed by atoms with Crippen molar-refractivity contribution in [3.63, 3.8) is 0 Å². The second kappa shape index (κ2) is 31.5. The minimum absolute atomic E-state index is 0. The van der Waals surface area contributed by atoms with Gasteiger partial charge in [-0.15, -0.1) is 33.7 Å². The molecule has 16 nitrogen and oxygen atoms in total. The molecule has 0 saturated carbocycles. The normalized spacial score (nSPS) is 22.0. The van der Waals surface area contributed by atoms with Gasteiger partial charge in [-0.2, -0.15) is 10.3 Å². The van der Waals surface area contributed by atoms with Gasteiger partial charge in [-0.1, -0.05) is 47.5 Å². The summed E-state index contributed by atoms with van der Waals surface area (Å²) in [4.78, 5) is 21.9. The van der Waals surface area contributed by atoms with Gasteiger partial charge in [0.15, 0.2) is 19.7 Å². The number of hydrogen-bond donors (Lipinski definition) is 2. The van der Waals surface area contributed by atoms with E-state index in [0.717, 1.165) is 91.1 Å². The minimum atomic E-state index is -2.99. The Labute approximate surface area is 483 Å². The SMILES string of the molecule is CSC(=NC#N)SC.NC1=NN=C(N2CCC(N3CCS(=O)(=O)CC3Cc3ccc(Cl)cc3)CC2)C1.O=CO[O-].O=S1(=O)CCN(C2CCNCC2)C(Cc2ccc(Cl)cc2)C1.[H-].[K+].[K+]. The van der Waals surface area contributed by atoms with Crippen LogP contribution in [0.15, 0.2) is 63.7 Å². The van der Waals surface area contributed by atoms with Gasteiger partial charge >= 0.3 is 103 Å². The van der Waals surface area contributed by atoms with Crippen LogP contribution in [0.1, 0.15) is 44.7 Å². The number of aliphatic imine (C=N–C) groups is 1. The number of piperidine rings is 2. The van der Waals surface area contributed by atoms with Gasteiger partial charge in [0.25, 0.3) is 6.47 Å². The Morgan fingerprint density at radius 3 is 1.66 bits per heavy atom. The third-order valence-corrected chi connectivity index (χ3v) is 16.9. The predicted octanol–water partition coefficient (Wildman–Crippen LogP) is -2.64. The van der Waals surface area contributed by atoms with Crippen LogP contribution in [-0.4, -0.2) is 153 Å². The van der Waals surface area contributed by atoms with Crippen molar-refractivity contribution >= 4 is 88.9 Å². The molecule has 0 radical (unpaired) electrons. The number of nitrogens with zero attached hydrogens (tertiary/aromatic N) is 7. The first-order valence-electron chi connectivity index (χ1n) is 20.2. The van der Waals surface area contributed by atoms with E-state index >= 15 is 0 Å². The molecular weight excluding hydrogens is 996 g/mol. The van der Waals surface area contributed by atoms with E-state index in [4.69, 9.17) is 44.2 Å². The maximum absolute atomic E-state index is 12.3. The van der Waals surface area contributed by atoms with E-state index in [9.17, 15) is 16.8 Å². The molecule has 5 heterocycles. The third-order valence-electron chi connectivity index (χ3n) is 11.2. The number of carbonyl (C=O) groups excluding carboxylic acids is 1. The number of rotatable bonds is 7. The maximum atomic E-state index is 12.3. The Morgan fingerprint density at radius 1 is 0.859 bits per heavy atom. The van der Waals surface area contributed by atoms with Crippen molar-refractivity contribution in [3.8, 4) is 6.19 Å². The van der Waals surface area contributed by atoms with Crippen LogP contribution in [0.2, 0.25) is 10.0 Å². The van der Waals surface area contributed by atoms with E-state index in [1.807, 2.05) is 61.0 Å². The van der Waals surface area contributed by atoms with E-state index in [0.29, 0.717) is 48.2 Å². The van der Waals surface area contributed by atoms with Crippen LogP contribution in [0.4, 0.5) is 0 Å². The van der Waals surface area contributed by atoms with Crippen molar-refractivity contribution < 1.29 is 136 Å². The number of likely N-dealkylation sites (tertiary alicyclic amines) is 1. The molecule has 0 bridgehead atoms. The summed E-state index contributed by atoms with van der Waals surface area (Å²) in [5.74, 6) is 2.58. The van der Waals surface area contributed by atoms with Gasteiger partial charge in [-0.05, 0) is 99.5 Å². The number of sulfone groups is 2. The first kappa shape index (κ1) is 60.4. The van der Waals surface area contributed by atoms with Crippen LogP contribution < -0.4 is 119 Å². The number of benzene rings is 2.